The van der Waals surface area contributed by atoms with Gasteiger partial charge in [-0.05, 0) is 17.7 Å². The first-order valence-corrected chi connectivity index (χ1v) is 3.70. The molecule has 0 aliphatic carbocycles. The Morgan fingerprint density at radius 1 is 1.50 bits per heavy atom. The molecule has 0 fully saturated rings. The van der Waals surface area contributed by atoms with Crippen molar-refractivity contribution in [3.8, 4) is 6.07 Å². The van der Waals surface area contributed by atoms with Crippen molar-refractivity contribution < 1.29 is 8.78 Å². The maximum atomic E-state index is 12.8. The van der Waals surface area contributed by atoms with E-state index in [9.17, 15) is 8.78 Å². The number of benzene rings is 1. The zero-order valence-corrected chi connectivity index (χ0v) is 8.02. The molecule has 1 rings (SSSR count). The van der Waals surface area contributed by atoms with Gasteiger partial charge in [0.15, 0.2) is 0 Å². The minimum atomic E-state index is -0.785. The second-order valence-corrected chi connectivity index (χ2v) is 2.61. The molecule has 0 aromatic heterocycles. The summed E-state index contributed by atoms with van der Waals surface area (Å²) in [6, 6.07) is 4.63. The fourth-order valence-corrected chi connectivity index (χ4v) is 0.948. The van der Waals surface area contributed by atoms with Crippen LogP contribution in [0, 0.1) is 17.1 Å². The van der Waals surface area contributed by atoms with Gasteiger partial charge in [0.1, 0.15) is 18.6 Å². The first-order chi connectivity index (χ1) is 6.19. The highest BCUT2D eigenvalue weighted by Gasteiger charge is 2.08. The number of rotatable bonds is 2. The van der Waals surface area contributed by atoms with E-state index in [1.165, 1.54) is 12.1 Å². The Labute approximate surface area is 86.7 Å². The Balaban J connectivity index is 0.00000169. The van der Waals surface area contributed by atoms with Crippen LogP contribution < -0.4 is 5.73 Å². The summed E-state index contributed by atoms with van der Waals surface area (Å²) in [5.74, 6) is -0.614. The lowest BCUT2D eigenvalue weighted by molar-refractivity contribution is 0.437. The van der Waals surface area contributed by atoms with Gasteiger partial charge in [0.25, 0.3) is 0 Å². The molecular weight excluding hydrogens is 210 g/mol. The molecule has 0 aliphatic rings. The van der Waals surface area contributed by atoms with E-state index < -0.39 is 18.5 Å². The number of nitriles is 1. The summed E-state index contributed by atoms with van der Waals surface area (Å²) >= 11 is 0. The molecule has 0 saturated heterocycles. The number of alkyl halides is 1. The first-order valence-electron chi connectivity index (χ1n) is 3.70. The van der Waals surface area contributed by atoms with Crippen LogP contribution in [0.1, 0.15) is 17.2 Å². The molecule has 5 heteroatoms. The smallest absolute Gasteiger partial charge is 0.140 e. The summed E-state index contributed by atoms with van der Waals surface area (Å²) in [5.41, 5.74) is 5.68. The second-order valence-electron chi connectivity index (χ2n) is 2.61. The van der Waals surface area contributed by atoms with Crippen LogP contribution in [0.2, 0.25) is 0 Å². The lowest BCUT2D eigenvalue weighted by atomic mass is 10.1. The maximum absolute atomic E-state index is 12.8. The van der Waals surface area contributed by atoms with Crippen LogP contribution in [0.4, 0.5) is 8.78 Å². The zero-order valence-electron chi connectivity index (χ0n) is 7.21. The van der Waals surface area contributed by atoms with E-state index >= 15 is 0 Å². The van der Waals surface area contributed by atoms with Gasteiger partial charge in [0.05, 0.1) is 11.6 Å². The maximum Gasteiger partial charge on any atom is 0.140 e. The fraction of sp³-hybridized carbons (Fsp3) is 0.222. The van der Waals surface area contributed by atoms with Gasteiger partial charge >= 0.3 is 0 Å². The topological polar surface area (TPSA) is 49.8 Å². The highest BCUT2D eigenvalue weighted by molar-refractivity contribution is 5.85. The van der Waals surface area contributed by atoms with E-state index in [1.807, 2.05) is 0 Å². The number of nitrogens with two attached hydrogens (primary N) is 1. The van der Waals surface area contributed by atoms with Gasteiger partial charge in [-0.3, -0.25) is 0 Å². The van der Waals surface area contributed by atoms with E-state index in [1.54, 1.807) is 6.07 Å². The molecule has 1 atom stereocenters. The van der Waals surface area contributed by atoms with Crippen LogP contribution in [0.3, 0.4) is 0 Å². The monoisotopic (exact) mass is 218 g/mol. The molecule has 2 nitrogen and oxygen atoms in total. The summed E-state index contributed by atoms with van der Waals surface area (Å²) in [5, 5.41) is 8.47. The summed E-state index contributed by atoms with van der Waals surface area (Å²) in [7, 11) is 0. The van der Waals surface area contributed by atoms with Gasteiger partial charge in [-0.1, -0.05) is 6.07 Å². The standard InChI is InChI=1S/C9H8F2N2.ClH/c10-4-9(13)6-1-2-8(11)7(3-6)5-12;/h1-3,9H,4,13H2;1H/t9-;/m1./s1. The quantitative estimate of drug-likeness (QED) is 0.826. The summed E-state index contributed by atoms with van der Waals surface area (Å²) < 4.78 is 24.9. The Hall–Kier alpha value is -1.18. The van der Waals surface area contributed by atoms with Gasteiger partial charge in [-0.25, -0.2) is 8.78 Å². The van der Waals surface area contributed by atoms with Crippen molar-refractivity contribution in [2.75, 3.05) is 6.67 Å². The van der Waals surface area contributed by atoms with Crippen LogP contribution in [0.15, 0.2) is 18.2 Å². The van der Waals surface area contributed by atoms with Gasteiger partial charge in [0, 0.05) is 0 Å². The van der Waals surface area contributed by atoms with E-state index in [0.29, 0.717) is 5.56 Å². The fourth-order valence-electron chi connectivity index (χ4n) is 0.948. The van der Waals surface area contributed by atoms with Crippen LogP contribution in [-0.4, -0.2) is 6.67 Å². The lowest BCUT2D eigenvalue weighted by Crippen LogP contribution is -2.12. The molecule has 1 aromatic carbocycles. The van der Waals surface area contributed by atoms with Crippen molar-refractivity contribution in [2.24, 2.45) is 5.73 Å². The van der Waals surface area contributed by atoms with Gasteiger partial charge in [0.2, 0.25) is 0 Å². The molecular formula is C9H9ClF2N2. The van der Waals surface area contributed by atoms with Crippen LogP contribution in [0.25, 0.3) is 0 Å². The van der Waals surface area contributed by atoms with Crippen LogP contribution in [0.5, 0.6) is 0 Å². The van der Waals surface area contributed by atoms with Crippen molar-refractivity contribution in [3.63, 3.8) is 0 Å². The second kappa shape index (κ2) is 5.53. The molecule has 0 unspecified atom stereocenters. The number of nitrogens with zero attached hydrogens (tertiary/aromatic N) is 1. The average Bonchev–Trinajstić information content (AvgIpc) is 2.17. The molecule has 14 heavy (non-hydrogen) atoms. The van der Waals surface area contributed by atoms with Crippen molar-refractivity contribution >= 4 is 12.4 Å². The Bertz CT molecular complexity index is 349. The lowest BCUT2D eigenvalue weighted by Gasteiger charge is -2.07. The van der Waals surface area contributed by atoms with Gasteiger partial charge in [-0.2, -0.15) is 5.26 Å². The molecule has 76 valence electrons. The zero-order chi connectivity index (χ0) is 9.84. The Kier molecular flexibility index (Phi) is 5.06. The molecule has 0 bridgehead atoms. The molecule has 0 saturated carbocycles. The van der Waals surface area contributed by atoms with Crippen molar-refractivity contribution in [1.29, 1.82) is 5.26 Å². The molecule has 0 radical (unpaired) electrons. The third-order valence-electron chi connectivity index (χ3n) is 1.71. The largest absolute Gasteiger partial charge is 0.322 e. The molecule has 1 aromatic rings. The van der Waals surface area contributed by atoms with Crippen molar-refractivity contribution in [1.82, 2.24) is 0 Å². The molecule has 0 spiro atoms. The normalized spacial score (nSPS) is 11.3. The van der Waals surface area contributed by atoms with Crippen LogP contribution in [-0.2, 0) is 0 Å². The SMILES string of the molecule is Cl.N#Cc1cc([C@H](N)CF)ccc1F. The molecule has 0 aliphatic heterocycles. The number of hydrogen-bond acceptors (Lipinski definition) is 2. The number of hydrogen-bond donors (Lipinski definition) is 1. The Morgan fingerprint density at radius 3 is 2.64 bits per heavy atom. The van der Waals surface area contributed by atoms with E-state index in [4.69, 9.17) is 11.0 Å². The highest BCUT2D eigenvalue weighted by atomic mass is 35.5. The van der Waals surface area contributed by atoms with Gasteiger partial charge in [-0.15, -0.1) is 12.4 Å². The third-order valence-corrected chi connectivity index (χ3v) is 1.71. The van der Waals surface area contributed by atoms with E-state index in [-0.39, 0.29) is 18.0 Å². The molecule has 0 heterocycles. The first kappa shape index (κ1) is 12.8. The van der Waals surface area contributed by atoms with Gasteiger partial charge < -0.3 is 5.73 Å². The highest BCUT2D eigenvalue weighted by Crippen LogP contribution is 2.15. The molecule has 0 amide bonds. The minimum Gasteiger partial charge on any atom is -0.322 e. The third kappa shape index (κ3) is 2.66. The predicted octanol–water partition coefficient (Wildman–Crippen LogP) is 2.09. The van der Waals surface area contributed by atoms with Crippen molar-refractivity contribution in [2.45, 2.75) is 6.04 Å². The predicted molar refractivity (Wildman–Crippen MR) is 51.3 cm³/mol. The minimum absolute atomic E-state index is 0. The summed E-state index contributed by atoms with van der Waals surface area (Å²) in [4.78, 5) is 0. The number of halogens is 3. The van der Waals surface area contributed by atoms with E-state index in [0.717, 1.165) is 6.07 Å². The average molecular weight is 219 g/mol. The van der Waals surface area contributed by atoms with Crippen LogP contribution >= 0.6 is 12.4 Å². The summed E-state index contributed by atoms with van der Waals surface area (Å²) in [6.07, 6.45) is 0. The van der Waals surface area contributed by atoms with E-state index in [2.05, 4.69) is 0 Å². The van der Waals surface area contributed by atoms with Crippen molar-refractivity contribution in [3.05, 3.63) is 35.1 Å². The Morgan fingerprint density at radius 2 is 2.14 bits per heavy atom. The molecule has 2 N–H and O–H groups in total. The summed E-state index contributed by atoms with van der Waals surface area (Å²) in [6.45, 7) is -0.726.